The number of aromatic hydroxyl groups is 1. The van der Waals surface area contributed by atoms with Gasteiger partial charge in [-0.3, -0.25) is 34.3 Å². The van der Waals surface area contributed by atoms with Gasteiger partial charge in [-0.2, -0.15) is 0 Å². The van der Waals surface area contributed by atoms with E-state index >= 15 is 4.39 Å². The van der Waals surface area contributed by atoms with Gasteiger partial charge in [0.15, 0.2) is 6.29 Å². The summed E-state index contributed by atoms with van der Waals surface area (Å²) in [5.41, 5.74) is 8.21. The lowest BCUT2D eigenvalue weighted by atomic mass is 9.88. The first kappa shape index (κ1) is 42.3. The average Bonchev–Trinajstić information content (AvgIpc) is 3.63. The summed E-state index contributed by atoms with van der Waals surface area (Å²) in [7, 11) is 0. The minimum absolute atomic E-state index is 0.132. The predicted molar refractivity (Wildman–Crippen MR) is 237 cm³/mol. The van der Waals surface area contributed by atoms with Crippen LogP contribution in [0, 0.1) is 11.7 Å². The lowest BCUT2D eigenvalue weighted by molar-refractivity contribution is -0.141. The molecule has 8 rings (SSSR count). The number of piperazine rings is 1. The maximum absolute atomic E-state index is 16.0. The van der Waals surface area contributed by atoms with Gasteiger partial charge in [-0.05, 0) is 121 Å². The van der Waals surface area contributed by atoms with Gasteiger partial charge >= 0.3 is 0 Å². The molecule has 2 N–H and O–H groups in total. The number of aldehydes is 1. The number of anilines is 2. The number of fused-ring (bicyclic) bond motifs is 1. The van der Waals surface area contributed by atoms with Crippen molar-refractivity contribution in [3.8, 4) is 5.75 Å². The number of allylic oxidation sites excluding steroid dienone is 1. The van der Waals surface area contributed by atoms with E-state index in [0.717, 1.165) is 60.3 Å². The van der Waals surface area contributed by atoms with Crippen molar-refractivity contribution in [2.24, 2.45) is 5.92 Å². The third-order valence-corrected chi connectivity index (χ3v) is 13.3. The fraction of sp³-hybridized carbons (Fsp3) is 0.388. The van der Waals surface area contributed by atoms with Crippen LogP contribution in [0.2, 0.25) is 0 Å². The topological polar surface area (TPSA) is 113 Å². The first-order valence-corrected chi connectivity index (χ1v) is 22.0. The van der Waals surface area contributed by atoms with Crippen molar-refractivity contribution in [3.05, 3.63) is 125 Å². The molecular formula is C49H53ClFN5O5. The van der Waals surface area contributed by atoms with Crippen LogP contribution in [0.4, 0.5) is 15.8 Å². The highest BCUT2D eigenvalue weighted by Gasteiger charge is 2.44. The monoisotopic (exact) mass is 845 g/mol. The van der Waals surface area contributed by atoms with Gasteiger partial charge in [0.2, 0.25) is 17.6 Å². The third kappa shape index (κ3) is 8.87. The van der Waals surface area contributed by atoms with Gasteiger partial charge in [-0.15, -0.1) is 11.6 Å². The third-order valence-electron chi connectivity index (χ3n) is 13.2. The Morgan fingerprint density at radius 2 is 1.52 bits per heavy atom. The molecule has 0 aromatic heterocycles. The van der Waals surface area contributed by atoms with E-state index in [1.54, 1.807) is 23.1 Å². The first-order valence-electron chi connectivity index (χ1n) is 21.4. The zero-order valence-corrected chi connectivity index (χ0v) is 35.5. The molecule has 4 aromatic rings. The number of Topliss-reactive ketones (excluding diaryl/α,β-unsaturated/α-hetero) is 1. The molecule has 4 unspecified atom stereocenters. The standard InChI is InChI=1S/C49H53ClFN5O5/c1-31-26-54(44-25-41-37(24-42(44)51)29-56(48(41)45(59)30-57)43-16-17-46(60)52-49(43)61)27-32(2)55(31)28-33-19-22-53(23-20-33)38-12-8-35(9-13-38)47(36-10-14-39(58)15-11-36)40(18-21-50)34-6-4-3-5-7-34/h3-15,24-25,30-33,43,48,58H,16-23,26-29H2,1-2H3,(H,52,60,61). The average molecular weight is 846 g/mol. The number of halogens is 2. The van der Waals surface area contributed by atoms with Crippen LogP contribution in [-0.4, -0.2) is 95.5 Å². The molecule has 0 radical (unpaired) electrons. The maximum atomic E-state index is 16.0. The number of hydrogen-bond donors (Lipinski definition) is 2. The number of phenolic OH excluding ortho intramolecular Hbond substituents is 1. The summed E-state index contributed by atoms with van der Waals surface area (Å²) in [6.07, 6.45) is 3.45. The number of alkyl halides is 1. The van der Waals surface area contributed by atoms with Gasteiger partial charge in [0, 0.05) is 69.3 Å². The van der Waals surface area contributed by atoms with Gasteiger partial charge in [-0.1, -0.05) is 54.6 Å². The molecule has 0 bridgehead atoms. The number of carbonyl (C=O) groups excluding carboxylic acids is 4. The van der Waals surface area contributed by atoms with E-state index < -0.39 is 29.6 Å². The van der Waals surface area contributed by atoms with Gasteiger partial charge in [0.05, 0.1) is 11.7 Å². The number of imide groups is 1. The first-order chi connectivity index (χ1) is 29.5. The summed E-state index contributed by atoms with van der Waals surface area (Å²) in [5.74, 6) is -0.724. The molecule has 4 aliphatic heterocycles. The number of ketones is 1. The number of piperidine rings is 2. The Balaban J connectivity index is 0.919. The summed E-state index contributed by atoms with van der Waals surface area (Å²) in [6, 6.07) is 28.2. The van der Waals surface area contributed by atoms with Crippen molar-refractivity contribution >= 4 is 58.0 Å². The second-order valence-electron chi connectivity index (χ2n) is 17.0. The molecule has 318 valence electrons. The van der Waals surface area contributed by atoms with Crippen LogP contribution in [0.15, 0.2) is 91.0 Å². The van der Waals surface area contributed by atoms with E-state index in [-0.39, 0.29) is 49.4 Å². The Hall–Kier alpha value is -5.36. The van der Waals surface area contributed by atoms with Crippen molar-refractivity contribution in [2.75, 3.05) is 48.4 Å². The molecular weight excluding hydrogens is 793 g/mol. The number of carbonyl (C=O) groups is 4. The summed E-state index contributed by atoms with van der Waals surface area (Å²) < 4.78 is 16.0. The number of rotatable bonds is 12. The molecule has 0 aliphatic carbocycles. The van der Waals surface area contributed by atoms with E-state index in [4.69, 9.17) is 11.6 Å². The molecule has 4 atom stereocenters. The van der Waals surface area contributed by atoms with E-state index in [2.05, 4.69) is 65.4 Å². The number of hydrogen-bond acceptors (Lipinski definition) is 9. The molecule has 0 saturated carbocycles. The molecule has 61 heavy (non-hydrogen) atoms. The molecule has 3 saturated heterocycles. The Bertz CT molecular complexity index is 2280. The predicted octanol–water partition coefficient (Wildman–Crippen LogP) is 7.36. The second-order valence-corrected chi connectivity index (χ2v) is 17.4. The summed E-state index contributed by atoms with van der Waals surface area (Å²) >= 11 is 6.37. The fourth-order valence-corrected chi connectivity index (χ4v) is 10.3. The Labute approximate surface area is 362 Å². The Kier molecular flexibility index (Phi) is 12.7. The molecule has 10 nitrogen and oxygen atoms in total. The smallest absolute Gasteiger partial charge is 0.243 e. The van der Waals surface area contributed by atoms with Crippen LogP contribution >= 0.6 is 11.6 Å². The molecule has 4 aliphatic rings. The molecule has 3 fully saturated rings. The lowest BCUT2D eigenvalue weighted by Crippen LogP contribution is -2.58. The minimum Gasteiger partial charge on any atom is -0.508 e. The van der Waals surface area contributed by atoms with Crippen LogP contribution < -0.4 is 15.1 Å². The fourth-order valence-electron chi connectivity index (χ4n) is 10.1. The number of nitrogens with one attached hydrogen (secondary N) is 1. The quantitative estimate of drug-likeness (QED) is 0.0497. The summed E-state index contributed by atoms with van der Waals surface area (Å²) in [5, 5.41) is 12.4. The maximum Gasteiger partial charge on any atom is 0.243 e. The molecule has 12 heteroatoms. The Morgan fingerprint density at radius 3 is 2.15 bits per heavy atom. The van der Waals surface area contributed by atoms with E-state index in [1.165, 1.54) is 11.8 Å². The molecule has 4 aromatic carbocycles. The molecule has 4 heterocycles. The SMILES string of the molecule is CC1CN(c2cc3c(cc2F)CN(C2CCC(=O)NC2=O)C3C(=O)C=O)CC(C)N1CC1CCN(c2ccc(C(=C(CCCl)c3ccccc3)c3ccc(O)cc3)cc2)CC1. The van der Waals surface area contributed by atoms with Crippen molar-refractivity contribution < 1.29 is 28.7 Å². The van der Waals surface area contributed by atoms with Gasteiger partial charge in [-0.25, -0.2) is 4.39 Å². The highest BCUT2D eigenvalue weighted by atomic mass is 35.5. The van der Waals surface area contributed by atoms with Crippen molar-refractivity contribution in [1.82, 2.24) is 15.1 Å². The van der Waals surface area contributed by atoms with Crippen LogP contribution in [0.1, 0.15) is 79.8 Å². The van der Waals surface area contributed by atoms with E-state index in [9.17, 15) is 24.3 Å². The summed E-state index contributed by atoms with van der Waals surface area (Å²) in [4.78, 5) is 58.2. The second kappa shape index (κ2) is 18.3. The highest BCUT2D eigenvalue weighted by molar-refractivity contribution is 6.27. The van der Waals surface area contributed by atoms with Crippen LogP contribution in [0.5, 0.6) is 5.75 Å². The largest absolute Gasteiger partial charge is 0.508 e. The van der Waals surface area contributed by atoms with E-state index in [0.29, 0.717) is 48.1 Å². The number of amides is 2. The van der Waals surface area contributed by atoms with Crippen molar-refractivity contribution in [2.45, 2.75) is 76.7 Å². The van der Waals surface area contributed by atoms with Crippen LogP contribution in [-0.2, 0) is 25.7 Å². The Morgan fingerprint density at radius 1 is 0.869 bits per heavy atom. The van der Waals surface area contributed by atoms with Gasteiger partial charge < -0.3 is 14.9 Å². The van der Waals surface area contributed by atoms with Crippen LogP contribution in [0.3, 0.4) is 0 Å². The number of nitrogens with zero attached hydrogens (tertiary/aromatic N) is 4. The highest BCUT2D eigenvalue weighted by Crippen LogP contribution is 2.42. The zero-order valence-electron chi connectivity index (χ0n) is 34.7. The van der Waals surface area contributed by atoms with E-state index in [1.807, 2.05) is 35.2 Å². The summed E-state index contributed by atoms with van der Waals surface area (Å²) in [6.45, 7) is 8.57. The minimum atomic E-state index is -1.01. The normalized spacial score (nSPS) is 23.1. The van der Waals surface area contributed by atoms with Crippen molar-refractivity contribution in [3.63, 3.8) is 0 Å². The van der Waals surface area contributed by atoms with Gasteiger partial charge in [0.25, 0.3) is 0 Å². The molecule has 0 spiro atoms. The molecule has 2 amide bonds. The van der Waals surface area contributed by atoms with Crippen LogP contribution in [0.25, 0.3) is 11.1 Å². The van der Waals surface area contributed by atoms with Crippen molar-refractivity contribution in [1.29, 1.82) is 0 Å². The number of phenols is 1. The zero-order chi connectivity index (χ0) is 42.8. The number of benzene rings is 4. The van der Waals surface area contributed by atoms with Gasteiger partial charge in [0.1, 0.15) is 17.6 Å². The lowest BCUT2D eigenvalue weighted by Gasteiger charge is -2.47.